The molecule has 0 aliphatic carbocycles. The molecule has 0 aliphatic rings. The van der Waals surface area contributed by atoms with Crippen molar-refractivity contribution in [1.82, 2.24) is 20.9 Å². The summed E-state index contributed by atoms with van der Waals surface area (Å²) in [7, 11) is 0. The lowest BCUT2D eigenvalue weighted by atomic mass is 9.96. The van der Waals surface area contributed by atoms with E-state index in [1.807, 2.05) is 61.5 Å². The average molecular weight is 579 g/mol. The number of carboxylic acids is 1. The van der Waals surface area contributed by atoms with Gasteiger partial charge in [0.25, 0.3) is 0 Å². The quantitative estimate of drug-likeness (QED) is 0.137. The van der Waals surface area contributed by atoms with Crippen LogP contribution in [0.25, 0.3) is 10.9 Å². The second-order valence-electron chi connectivity index (χ2n) is 10.4. The van der Waals surface area contributed by atoms with E-state index in [4.69, 9.17) is 11.5 Å². The van der Waals surface area contributed by atoms with Crippen LogP contribution in [-0.4, -0.2) is 63.9 Å². The zero-order valence-corrected chi connectivity index (χ0v) is 23.6. The van der Waals surface area contributed by atoms with E-state index in [-0.39, 0.29) is 18.8 Å². The number of H-pyrrole nitrogens is 1. The summed E-state index contributed by atoms with van der Waals surface area (Å²) in [6, 6.07) is 11.7. The first kappa shape index (κ1) is 31.8. The number of carboxylic acid groups (broad SMARTS) is 1. The Morgan fingerprint density at radius 3 is 2.14 bits per heavy atom. The highest BCUT2D eigenvalue weighted by atomic mass is 16.4. The first-order chi connectivity index (χ1) is 20.0. The first-order valence-corrected chi connectivity index (χ1v) is 13.8. The molecular formula is C30H38N6O6. The van der Waals surface area contributed by atoms with E-state index < -0.39 is 60.2 Å². The smallest absolute Gasteiger partial charge is 0.326 e. The maximum absolute atomic E-state index is 13.4. The molecule has 1 heterocycles. The zero-order valence-electron chi connectivity index (χ0n) is 23.6. The van der Waals surface area contributed by atoms with Crippen molar-refractivity contribution in [2.45, 2.75) is 63.7 Å². The Balaban J connectivity index is 1.72. The SMILES string of the molecule is CCC(C)C(NC(=O)C(N)Cc1ccccc1)C(=O)NC(CC(N)=O)C(=O)NC(Cc1c[nH]c2ccccc12)C(=O)O. The van der Waals surface area contributed by atoms with E-state index in [2.05, 4.69) is 20.9 Å². The predicted octanol–water partition coefficient (Wildman–Crippen LogP) is 0.741. The lowest BCUT2D eigenvalue weighted by molar-refractivity contribution is -0.142. The van der Waals surface area contributed by atoms with Crippen LogP contribution in [0.5, 0.6) is 0 Å². The topological polar surface area (TPSA) is 209 Å². The number of carbonyl (C=O) groups excluding carboxylic acids is 4. The van der Waals surface area contributed by atoms with E-state index in [1.165, 1.54) is 0 Å². The number of nitrogens with two attached hydrogens (primary N) is 2. The van der Waals surface area contributed by atoms with Crippen LogP contribution in [0, 0.1) is 5.92 Å². The fraction of sp³-hybridized carbons (Fsp3) is 0.367. The fourth-order valence-corrected chi connectivity index (χ4v) is 4.59. The van der Waals surface area contributed by atoms with Gasteiger partial charge in [0.15, 0.2) is 0 Å². The number of aliphatic carboxylic acids is 1. The lowest BCUT2D eigenvalue weighted by Gasteiger charge is -2.27. The zero-order chi connectivity index (χ0) is 30.8. The minimum absolute atomic E-state index is 0.0484. The molecule has 0 fully saturated rings. The summed E-state index contributed by atoms with van der Waals surface area (Å²) in [5.41, 5.74) is 13.8. The molecule has 0 radical (unpaired) electrons. The molecule has 4 amide bonds. The van der Waals surface area contributed by atoms with E-state index >= 15 is 0 Å². The molecule has 3 rings (SSSR count). The van der Waals surface area contributed by atoms with Crippen LogP contribution in [0.3, 0.4) is 0 Å². The van der Waals surface area contributed by atoms with Gasteiger partial charge in [-0.25, -0.2) is 4.79 Å². The third-order valence-corrected chi connectivity index (χ3v) is 7.18. The molecule has 12 heteroatoms. The van der Waals surface area contributed by atoms with E-state index in [0.717, 1.165) is 16.5 Å². The van der Waals surface area contributed by atoms with Crippen LogP contribution < -0.4 is 27.4 Å². The minimum atomic E-state index is -1.47. The van der Waals surface area contributed by atoms with Gasteiger partial charge in [0, 0.05) is 23.5 Å². The Labute approximate surface area is 243 Å². The van der Waals surface area contributed by atoms with Gasteiger partial charge in [-0.1, -0.05) is 68.8 Å². The third kappa shape index (κ3) is 8.64. The van der Waals surface area contributed by atoms with Gasteiger partial charge in [0.2, 0.25) is 23.6 Å². The van der Waals surface area contributed by atoms with Gasteiger partial charge in [0.1, 0.15) is 18.1 Å². The molecule has 0 bridgehead atoms. The molecule has 3 aromatic rings. The number of amides is 4. The number of hydrogen-bond donors (Lipinski definition) is 7. The van der Waals surface area contributed by atoms with Crippen LogP contribution in [-0.2, 0) is 36.8 Å². The van der Waals surface area contributed by atoms with Gasteiger partial charge >= 0.3 is 5.97 Å². The number of aromatic amines is 1. The second kappa shape index (κ2) is 14.8. The predicted molar refractivity (Wildman–Crippen MR) is 157 cm³/mol. The van der Waals surface area contributed by atoms with Crippen molar-refractivity contribution < 1.29 is 29.1 Å². The molecule has 12 nitrogen and oxygen atoms in total. The molecule has 5 atom stereocenters. The number of para-hydroxylation sites is 1. The van der Waals surface area contributed by atoms with Crippen molar-refractivity contribution in [2.75, 3.05) is 0 Å². The van der Waals surface area contributed by atoms with E-state index in [9.17, 15) is 29.1 Å². The molecule has 5 unspecified atom stereocenters. The number of benzene rings is 2. The van der Waals surface area contributed by atoms with Gasteiger partial charge in [-0.3, -0.25) is 19.2 Å². The largest absolute Gasteiger partial charge is 0.480 e. The molecule has 0 spiro atoms. The monoisotopic (exact) mass is 578 g/mol. The van der Waals surface area contributed by atoms with Gasteiger partial charge in [-0.2, -0.15) is 0 Å². The van der Waals surface area contributed by atoms with Crippen LogP contribution >= 0.6 is 0 Å². The summed E-state index contributed by atoms with van der Waals surface area (Å²) in [4.78, 5) is 66.4. The summed E-state index contributed by atoms with van der Waals surface area (Å²) in [6.07, 6.45) is 1.79. The highest BCUT2D eigenvalue weighted by Gasteiger charge is 2.33. The number of nitrogens with one attached hydrogen (secondary N) is 4. The molecule has 0 saturated carbocycles. The van der Waals surface area contributed by atoms with Crippen molar-refractivity contribution in [1.29, 1.82) is 0 Å². The Hall–Kier alpha value is -4.71. The van der Waals surface area contributed by atoms with E-state index in [0.29, 0.717) is 12.0 Å². The number of carbonyl (C=O) groups is 5. The number of aromatic nitrogens is 1. The lowest BCUT2D eigenvalue weighted by Crippen LogP contribution is -2.59. The van der Waals surface area contributed by atoms with Gasteiger partial charge in [-0.15, -0.1) is 0 Å². The molecule has 0 saturated heterocycles. The molecule has 224 valence electrons. The normalized spacial score (nSPS) is 14.6. The average Bonchev–Trinajstić information content (AvgIpc) is 3.37. The molecule has 9 N–H and O–H groups in total. The first-order valence-electron chi connectivity index (χ1n) is 13.8. The summed E-state index contributed by atoms with van der Waals surface area (Å²) >= 11 is 0. The van der Waals surface area contributed by atoms with Crippen molar-refractivity contribution in [3.05, 3.63) is 71.9 Å². The van der Waals surface area contributed by atoms with Crippen LogP contribution in [0.4, 0.5) is 0 Å². The maximum Gasteiger partial charge on any atom is 0.326 e. The third-order valence-electron chi connectivity index (χ3n) is 7.18. The van der Waals surface area contributed by atoms with Crippen molar-refractivity contribution in [3.63, 3.8) is 0 Å². The Bertz CT molecular complexity index is 1410. The number of hydrogen-bond acceptors (Lipinski definition) is 6. The molecule has 1 aromatic heterocycles. The van der Waals surface area contributed by atoms with Gasteiger partial charge in [0.05, 0.1) is 12.5 Å². The van der Waals surface area contributed by atoms with Crippen molar-refractivity contribution >= 4 is 40.5 Å². The van der Waals surface area contributed by atoms with Crippen LogP contribution in [0.15, 0.2) is 60.8 Å². The molecule has 0 aliphatic heterocycles. The molecular weight excluding hydrogens is 540 g/mol. The van der Waals surface area contributed by atoms with Crippen molar-refractivity contribution in [2.24, 2.45) is 17.4 Å². The number of fused-ring (bicyclic) bond motifs is 1. The maximum atomic E-state index is 13.4. The summed E-state index contributed by atoms with van der Waals surface area (Å²) in [6.45, 7) is 3.58. The van der Waals surface area contributed by atoms with Crippen molar-refractivity contribution in [3.8, 4) is 0 Å². The summed E-state index contributed by atoms with van der Waals surface area (Å²) in [5.74, 6) is -4.72. The number of primary amides is 1. The highest BCUT2D eigenvalue weighted by molar-refractivity contribution is 5.96. The minimum Gasteiger partial charge on any atom is -0.480 e. The summed E-state index contributed by atoms with van der Waals surface area (Å²) < 4.78 is 0. The Morgan fingerprint density at radius 1 is 0.857 bits per heavy atom. The second-order valence-corrected chi connectivity index (χ2v) is 10.4. The Morgan fingerprint density at radius 2 is 1.50 bits per heavy atom. The number of rotatable bonds is 15. The van der Waals surface area contributed by atoms with E-state index in [1.54, 1.807) is 13.1 Å². The summed E-state index contributed by atoms with van der Waals surface area (Å²) in [5, 5.41) is 18.2. The molecule has 2 aromatic carbocycles. The van der Waals surface area contributed by atoms with Crippen LogP contribution in [0.1, 0.15) is 37.8 Å². The Kier molecular flexibility index (Phi) is 11.2. The van der Waals surface area contributed by atoms with Gasteiger partial charge in [-0.05, 0) is 29.5 Å². The van der Waals surface area contributed by atoms with Gasteiger partial charge < -0.3 is 37.5 Å². The standard InChI is InChI=1S/C30H38N6O6/c1-3-17(2)26(36-27(38)21(31)13-18-9-5-4-6-10-18)29(40)34-23(15-25(32)37)28(39)35-24(30(41)42)14-19-16-33-22-12-8-7-11-20(19)22/h4-12,16-17,21,23-24,26,33H,3,13-15,31H2,1-2H3,(H2,32,37)(H,34,40)(H,35,39)(H,36,38)(H,41,42). The highest BCUT2D eigenvalue weighted by Crippen LogP contribution is 2.19. The fourth-order valence-electron chi connectivity index (χ4n) is 4.59. The molecule has 42 heavy (non-hydrogen) atoms. The van der Waals surface area contributed by atoms with Crippen LogP contribution in [0.2, 0.25) is 0 Å².